The topological polar surface area (TPSA) is 41.1 Å². The smallest absolute Gasteiger partial charge is 0.255 e. The Balaban J connectivity index is 2.02. The fourth-order valence-electron chi connectivity index (χ4n) is 1.97. The SMILES string of the molecule is CCNc1ccc(NC(=O)c2ccc(CC)cc2)cc1. The summed E-state index contributed by atoms with van der Waals surface area (Å²) in [4.78, 5) is 12.1. The molecule has 0 unspecified atom stereocenters. The molecule has 2 N–H and O–H groups in total. The van der Waals surface area contributed by atoms with Crippen molar-refractivity contribution in [1.29, 1.82) is 0 Å². The maximum absolute atomic E-state index is 12.1. The Kier molecular flexibility index (Phi) is 4.77. The lowest BCUT2D eigenvalue weighted by Gasteiger charge is -2.08. The molecule has 0 aliphatic carbocycles. The summed E-state index contributed by atoms with van der Waals surface area (Å²) < 4.78 is 0. The number of nitrogens with one attached hydrogen (secondary N) is 2. The van der Waals surface area contributed by atoms with Crippen molar-refractivity contribution in [2.45, 2.75) is 20.3 Å². The van der Waals surface area contributed by atoms with Crippen molar-refractivity contribution < 1.29 is 4.79 Å². The quantitative estimate of drug-likeness (QED) is 0.862. The molecule has 20 heavy (non-hydrogen) atoms. The van der Waals surface area contributed by atoms with Gasteiger partial charge in [0.05, 0.1) is 0 Å². The molecule has 0 saturated carbocycles. The molecule has 0 atom stereocenters. The molecule has 0 fully saturated rings. The highest BCUT2D eigenvalue weighted by atomic mass is 16.1. The van der Waals surface area contributed by atoms with Crippen molar-refractivity contribution in [3.8, 4) is 0 Å². The second kappa shape index (κ2) is 6.75. The highest BCUT2D eigenvalue weighted by Gasteiger charge is 2.05. The minimum atomic E-state index is -0.0798. The first-order valence-electron chi connectivity index (χ1n) is 6.97. The third-order valence-corrected chi connectivity index (χ3v) is 3.15. The van der Waals surface area contributed by atoms with Crippen molar-refractivity contribution in [2.24, 2.45) is 0 Å². The summed E-state index contributed by atoms with van der Waals surface area (Å²) in [7, 11) is 0. The summed E-state index contributed by atoms with van der Waals surface area (Å²) in [6, 6.07) is 15.4. The van der Waals surface area contributed by atoms with Gasteiger partial charge in [-0.25, -0.2) is 0 Å². The van der Waals surface area contributed by atoms with E-state index in [0.717, 1.165) is 24.3 Å². The van der Waals surface area contributed by atoms with Crippen LogP contribution in [0.3, 0.4) is 0 Å². The number of carbonyl (C=O) groups excluding carboxylic acids is 1. The molecular formula is C17H20N2O. The Morgan fingerprint density at radius 1 is 0.900 bits per heavy atom. The molecule has 0 aliphatic heterocycles. The summed E-state index contributed by atoms with van der Waals surface area (Å²) >= 11 is 0. The molecule has 0 spiro atoms. The van der Waals surface area contributed by atoms with Gasteiger partial charge in [0.25, 0.3) is 5.91 Å². The Bertz CT molecular complexity index is 559. The minimum Gasteiger partial charge on any atom is -0.385 e. The van der Waals surface area contributed by atoms with Crippen molar-refractivity contribution in [3.05, 3.63) is 59.7 Å². The van der Waals surface area contributed by atoms with Crippen LogP contribution in [0.1, 0.15) is 29.8 Å². The fraction of sp³-hybridized carbons (Fsp3) is 0.235. The van der Waals surface area contributed by atoms with Gasteiger partial charge < -0.3 is 10.6 Å². The van der Waals surface area contributed by atoms with Gasteiger partial charge in [-0.1, -0.05) is 19.1 Å². The van der Waals surface area contributed by atoms with Gasteiger partial charge in [0.2, 0.25) is 0 Å². The average Bonchev–Trinajstić information content (AvgIpc) is 2.49. The molecule has 3 nitrogen and oxygen atoms in total. The zero-order valence-electron chi connectivity index (χ0n) is 11.9. The summed E-state index contributed by atoms with van der Waals surface area (Å²) in [5.41, 5.74) is 3.77. The van der Waals surface area contributed by atoms with E-state index < -0.39 is 0 Å². The Hall–Kier alpha value is -2.29. The van der Waals surface area contributed by atoms with E-state index in [1.54, 1.807) is 0 Å². The van der Waals surface area contributed by atoms with Gasteiger partial charge in [0.15, 0.2) is 0 Å². The number of anilines is 2. The Morgan fingerprint density at radius 3 is 2.05 bits per heavy atom. The van der Waals surface area contributed by atoms with Crippen LogP contribution in [0.25, 0.3) is 0 Å². The fourth-order valence-corrected chi connectivity index (χ4v) is 1.97. The molecule has 0 aliphatic rings. The van der Waals surface area contributed by atoms with Crippen LogP contribution in [0.15, 0.2) is 48.5 Å². The molecule has 0 bridgehead atoms. The lowest BCUT2D eigenvalue weighted by molar-refractivity contribution is 0.102. The van der Waals surface area contributed by atoms with E-state index in [2.05, 4.69) is 24.5 Å². The normalized spacial score (nSPS) is 10.1. The van der Waals surface area contributed by atoms with Gasteiger partial charge in [0, 0.05) is 23.5 Å². The summed E-state index contributed by atoms with van der Waals surface area (Å²) in [5, 5.41) is 6.12. The molecule has 2 aromatic carbocycles. The first-order chi connectivity index (χ1) is 9.72. The Morgan fingerprint density at radius 2 is 1.50 bits per heavy atom. The van der Waals surface area contributed by atoms with Crippen molar-refractivity contribution >= 4 is 17.3 Å². The van der Waals surface area contributed by atoms with Crippen LogP contribution in [-0.2, 0) is 6.42 Å². The van der Waals surface area contributed by atoms with Gasteiger partial charge in [0.1, 0.15) is 0 Å². The second-order valence-corrected chi connectivity index (χ2v) is 4.61. The maximum Gasteiger partial charge on any atom is 0.255 e. The van der Waals surface area contributed by atoms with Crippen LogP contribution in [0.4, 0.5) is 11.4 Å². The number of aryl methyl sites for hydroxylation is 1. The number of hydrogen-bond acceptors (Lipinski definition) is 2. The standard InChI is InChI=1S/C17H20N2O/c1-3-13-5-7-14(8-6-13)17(20)19-16-11-9-15(10-12-16)18-4-2/h5-12,18H,3-4H2,1-2H3,(H,19,20). The van der Waals surface area contributed by atoms with Crippen LogP contribution in [0.5, 0.6) is 0 Å². The number of hydrogen-bond donors (Lipinski definition) is 2. The minimum absolute atomic E-state index is 0.0798. The summed E-state index contributed by atoms with van der Waals surface area (Å²) in [5.74, 6) is -0.0798. The van der Waals surface area contributed by atoms with E-state index in [-0.39, 0.29) is 5.91 Å². The van der Waals surface area contributed by atoms with Crippen molar-refractivity contribution in [1.82, 2.24) is 0 Å². The third-order valence-electron chi connectivity index (χ3n) is 3.15. The summed E-state index contributed by atoms with van der Waals surface area (Å²) in [6.45, 7) is 5.03. The monoisotopic (exact) mass is 268 g/mol. The lowest BCUT2D eigenvalue weighted by Crippen LogP contribution is -2.11. The molecule has 1 amide bonds. The number of rotatable bonds is 5. The molecule has 3 heteroatoms. The van der Waals surface area contributed by atoms with Gasteiger partial charge in [-0.2, -0.15) is 0 Å². The van der Waals surface area contributed by atoms with E-state index in [1.807, 2.05) is 48.5 Å². The zero-order chi connectivity index (χ0) is 14.4. The highest BCUT2D eigenvalue weighted by molar-refractivity contribution is 6.04. The van der Waals surface area contributed by atoms with Gasteiger partial charge in [-0.05, 0) is 55.3 Å². The second-order valence-electron chi connectivity index (χ2n) is 4.61. The highest BCUT2D eigenvalue weighted by Crippen LogP contribution is 2.14. The van der Waals surface area contributed by atoms with Gasteiger partial charge >= 0.3 is 0 Å². The maximum atomic E-state index is 12.1. The molecule has 2 rings (SSSR count). The third kappa shape index (κ3) is 3.60. The first kappa shape index (κ1) is 14.1. The van der Waals surface area contributed by atoms with Gasteiger partial charge in [-0.3, -0.25) is 4.79 Å². The Labute approximate surface area is 120 Å². The molecule has 0 aromatic heterocycles. The lowest BCUT2D eigenvalue weighted by atomic mass is 10.1. The van der Waals surface area contributed by atoms with Crippen molar-refractivity contribution in [2.75, 3.05) is 17.2 Å². The first-order valence-corrected chi connectivity index (χ1v) is 6.97. The number of amides is 1. The van der Waals surface area contributed by atoms with E-state index in [9.17, 15) is 4.79 Å². The van der Waals surface area contributed by atoms with Crippen LogP contribution in [0.2, 0.25) is 0 Å². The molecule has 0 saturated heterocycles. The van der Waals surface area contributed by atoms with E-state index in [4.69, 9.17) is 0 Å². The average molecular weight is 268 g/mol. The number of benzene rings is 2. The van der Waals surface area contributed by atoms with E-state index in [1.165, 1.54) is 5.56 Å². The number of carbonyl (C=O) groups is 1. The van der Waals surface area contributed by atoms with E-state index >= 15 is 0 Å². The van der Waals surface area contributed by atoms with Crippen LogP contribution < -0.4 is 10.6 Å². The van der Waals surface area contributed by atoms with Crippen LogP contribution in [0, 0.1) is 0 Å². The van der Waals surface area contributed by atoms with Crippen LogP contribution in [-0.4, -0.2) is 12.5 Å². The molecule has 0 radical (unpaired) electrons. The molecule has 0 heterocycles. The molecular weight excluding hydrogens is 248 g/mol. The summed E-state index contributed by atoms with van der Waals surface area (Å²) in [6.07, 6.45) is 0.980. The van der Waals surface area contributed by atoms with Crippen LogP contribution >= 0.6 is 0 Å². The molecule has 2 aromatic rings. The largest absolute Gasteiger partial charge is 0.385 e. The van der Waals surface area contributed by atoms with Gasteiger partial charge in [-0.15, -0.1) is 0 Å². The zero-order valence-corrected chi connectivity index (χ0v) is 11.9. The van der Waals surface area contributed by atoms with Crippen molar-refractivity contribution in [3.63, 3.8) is 0 Å². The van der Waals surface area contributed by atoms with E-state index in [0.29, 0.717) is 5.56 Å². The predicted molar refractivity (Wildman–Crippen MR) is 84.4 cm³/mol. The predicted octanol–water partition coefficient (Wildman–Crippen LogP) is 3.93. The molecule has 104 valence electrons.